The normalized spacial score (nSPS) is 10.8. The van der Waals surface area contributed by atoms with Crippen LogP contribution in [0.25, 0.3) is 0 Å². The Bertz CT molecular complexity index is 465. The smallest absolute Gasteiger partial charge is 0.102 e. The molecule has 0 saturated carbocycles. The number of aromatic nitrogens is 1. The Balaban J connectivity index is 1.98. The number of rotatable bonds is 3. The van der Waals surface area contributed by atoms with Gasteiger partial charge in [0.05, 0.1) is 11.4 Å². The Hall–Kier alpha value is -1.30. The molecule has 0 aliphatic rings. The molecule has 0 amide bonds. The Morgan fingerprint density at radius 3 is 2.56 bits per heavy atom. The molecule has 2 aromatic rings. The van der Waals surface area contributed by atoms with Crippen LogP contribution < -0.4 is 0 Å². The molecule has 1 aromatic heterocycles. The van der Waals surface area contributed by atoms with Crippen LogP contribution in [0.15, 0.2) is 58.9 Å². The number of hydrogen-bond donors (Lipinski definition) is 0. The predicted octanol–water partition coefficient (Wildman–Crippen LogP) is 3.97. The number of azo groups is 1. The third-order valence-corrected chi connectivity index (χ3v) is 2.69. The second-order valence-corrected chi connectivity index (χ2v) is 4.44. The topological polar surface area (TPSA) is 37.6 Å². The van der Waals surface area contributed by atoms with Crippen molar-refractivity contribution in [3.63, 3.8) is 0 Å². The lowest BCUT2D eigenvalue weighted by Gasteiger charge is -1.94. The Morgan fingerprint density at radius 2 is 1.88 bits per heavy atom. The number of pyridine rings is 1. The molecule has 0 atom stereocenters. The fraction of sp³-hybridized carbons (Fsp3) is 0.0833. The van der Waals surface area contributed by atoms with Gasteiger partial charge >= 0.3 is 0 Å². The SMILES string of the molecule is Ic1ccc(N=NCc2ccccn2)cc1. The summed E-state index contributed by atoms with van der Waals surface area (Å²) in [6, 6.07) is 13.7. The molecule has 80 valence electrons. The molecule has 0 N–H and O–H groups in total. The van der Waals surface area contributed by atoms with Gasteiger partial charge in [0.25, 0.3) is 0 Å². The van der Waals surface area contributed by atoms with E-state index < -0.39 is 0 Å². The zero-order valence-electron chi connectivity index (χ0n) is 8.55. The highest BCUT2D eigenvalue weighted by Crippen LogP contribution is 2.14. The fourth-order valence-corrected chi connectivity index (χ4v) is 1.55. The molecular weight excluding hydrogens is 313 g/mol. The van der Waals surface area contributed by atoms with Crippen LogP contribution in [-0.2, 0) is 6.54 Å². The van der Waals surface area contributed by atoms with E-state index in [-0.39, 0.29) is 0 Å². The molecule has 3 nitrogen and oxygen atoms in total. The first-order chi connectivity index (χ1) is 7.84. The Kier molecular flexibility index (Phi) is 3.98. The van der Waals surface area contributed by atoms with Crippen molar-refractivity contribution in [1.29, 1.82) is 0 Å². The van der Waals surface area contributed by atoms with E-state index in [2.05, 4.69) is 37.8 Å². The van der Waals surface area contributed by atoms with Gasteiger partial charge in [-0.15, -0.1) is 0 Å². The molecule has 0 radical (unpaired) electrons. The molecular formula is C12H10IN3. The third kappa shape index (κ3) is 3.37. The van der Waals surface area contributed by atoms with Gasteiger partial charge in [0.15, 0.2) is 0 Å². The number of halogens is 1. The molecule has 1 heterocycles. The van der Waals surface area contributed by atoms with Crippen molar-refractivity contribution in [2.75, 3.05) is 0 Å². The number of hydrogen-bond acceptors (Lipinski definition) is 3. The second-order valence-electron chi connectivity index (χ2n) is 3.20. The summed E-state index contributed by atoms with van der Waals surface area (Å²) in [4.78, 5) is 4.17. The zero-order chi connectivity index (χ0) is 11.2. The van der Waals surface area contributed by atoms with Crippen molar-refractivity contribution in [1.82, 2.24) is 4.98 Å². The number of nitrogens with zero attached hydrogens (tertiary/aromatic N) is 3. The largest absolute Gasteiger partial charge is 0.259 e. The van der Waals surface area contributed by atoms with Gasteiger partial charge in [-0.25, -0.2) is 0 Å². The van der Waals surface area contributed by atoms with Gasteiger partial charge in [-0.3, -0.25) is 4.98 Å². The lowest BCUT2D eigenvalue weighted by molar-refractivity contribution is 0.915. The molecule has 0 fully saturated rings. The molecule has 0 aliphatic heterocycles. The van der Waals surface area contributed by atoms with Crippen molar-refractivity contribution >= 4 is 28.3 Å². The second kappa shape index (κ2) is 5.69. The van der Waals surface area contributed by atoms with E-state index in [0.717, 1.165) is 11.4 Å². The standard InChI is InChI=1S/C12H10IN3/c13-10-4-6-11(7-5-10)16-15-9-12-3-1-2-8-14-12/h1-8H,9H2. The summed E-state index contributed by atoms with van der Waals surface area (Å²) in [5.41, 5.74) is 1.80. The maximum absolute atomic E-state index is 4.17. The number of benzene rings is 1. The highest BCUT2D eigenvalue weighted by atomic mass is 127. The van der Waals surface area contributed by atoms with Crippen LogP contribution in [0.3, 0.4) is 0 Å². The first-order valence-corrected chi connectivity index (χ1v) is 5.95. The molecule has 0 saturated heterocycles. The van der Waals surface area contributed by atoms with Crippen molar-refractivity contribution in [3.8, 4) is 0 Å². The van der Waals surface area contributed by atoms with E-state index in [0.29, 0.717) is 6.54 Å². The molecule has 16 heavy (non-hydrogen) atoms. The lowest BCUT2D eigenvalue weighted by atomic mass is 10.3. The average molecular weight is 323 g/mol. The minimum absolute atomic E-state index is 0.521. The van der Waals surface area contributed by atoms with Crippen LogP contribution in [0.1, 0.15) is 5.69 Å². The third-order valence-electron chi connectivity index (χ3n) is 1.97. The Morgan fingerprint density at radius 1 is 1.06 bits per heavy atom. The van der Waals surface area contributed by atoms with Gasteiger partial charge in [-0.05, 0) is 59.0 Å². The van der Waals surface area contributed by atoms with E-state index in [9.17, 15) is 0 Å². The maximum Gasteiger partial charge on any atom is 0.102 e. The van der Waals surface area contributed by atoms with Gasteiger partial charge in [-0.2, -0.15) is 10.2 Å². The minimum Gasteiger partial charge on any atom is -0.259 e. The summed E-state index contributed by atoms with van der Waals surface area (Å²) < 4.78 is 1.20. The quantitative estimate of drug-likeness (QED) is 0.622. The summed E-state index contributed by atoms with van der Waals surface area (Å²) in [5.74, 6) is 0. The summed E-state index contributed by atoms with van der Waals surface area (Å²) >= 11 is 2.26. The highest BCUT2D eigenvalue weighted by Gasteiger charge is 1.91. The van der Waals surface area contributed by atoms with E-state index in [4.69, 9.17) is 0 Å². The van der Waals surface area contributed by atoms with Crippen LogP contribution in [0.4, 0.5) is 5.69 Å². The van der Waals surface area contributed by atoms with Gasteiger partial charge in [0, 0.05) is 9.77 Å². The molecule has 0 unspecified atom stereocenters. The zero-order valence-corrected chi connectivity index (χ0v) is 10.7. The first kappa shape index (κ1) is 11.2. The highest BCUT2D eigenvalue weighted by molar-refractivity contribution is 14.1. The minimum atomic E-state index is 0.521. The van der Waals surface area contributed by atoms with E-state index in [1.807, 2.05) is 42.5 Å². The van der Waals surface area contributed by atoms with Crippen molar-refractivity contribution < 1.29 is 0 Å². The lowest BCUT2D eigenvalue weighted by Crippen LogP contribution is -1.83. The Labute approximate surface area is 108 Å². The van der Waals surface area contributed by atoms with Crippen LogP contribution in [0.2, 0.25) is 0 Å². The van der Waals surface area contributed by atoms with Crippen LogP contribution in [0, 0.1) is 3.57 Å². The molecule has 0 spiro atoms. The summed E-state index contributed by atoms with van der Waals surface area (Å²) in [5, 5.41) is 8.23. The molecule has 0 aliphatic carbocycles. The summed E-state index contributed by atoms with van der Waals surface area (Å²) in [7, 11) is 0. The van der Waals surface area contributed by atoms with Crippen molar-refractivity contribution in [2.45, 2.75) is 6.54 Å². The van der Waals surface area contributed by atoms with Crippen molar-refractivity contribution in [3.05, 3.63) is 57.9 Å². The van der Waals surface area contributed by atoms with E-state index >= 15 is 0 Å². The maximum atomic E-state index is 4.17. The van der Waals surface area contributed by atoms with Crippen LogP contribution in [-0.4, -0.2) is 4.98 Å². The summed E-state index contributed by atoms with van der Waals surface area (Å²) in [6.45, 7) is 0.521. The van der Waals surface area contributed by atoms with Gasteiger partial charge in [0.1, 0.15) is 6.54 Å². The van der Waals surface area contributed by atoms with Gasteiger partial charge in [0.2, 0.25) is 0 Å². The average Bonchev–Trinajstić information content (AvgIpc) is 2.33. The van der Waals surface area contributed by atoms with Gasteiger partial charge < -0.3 is 0 Å². The molecule has 0 bridgehead atoms. The monoisotopic (exact) mass is 323 g/mol. The molecule has 1 aromatic carbocycles. The predicted molar refractivity (Wildman–Crippen MR) is 71.6 cm³/mol. The fourth-order valence-electron chi connectivity index (χ4n) is 1.19. The van der Waals surface area contributed by atoms with Crippen LogP contribution >= 0.6 is 22.6 Å². The summed E-state index contributed by atoms with van der Waals surface area (Å²) in [6.07, 6.45) is 1.76. The van der Waals surface area contributed by atoms with E-state index in [1.54, 1.807) is 6.20 Å². The van der Waals surface area contributed by atoms with Gasteiger partial charge in [-0.1, -0.05) is 6.07 Å². The van der Waals surface area contributed by atoms with E-state index in [1.165, 1.54) is 3.57 Å². The van der Waals surface area contributed by atoms with Crippen LogP contribution in [0.5, 0.6) is 0 Å². The van der Waals surface area contributed by atoms with Crippen molar-refractivity contribution in [2.24, 2.45) is 10.2 Å². The molecule has 4 heteroatoms. The molecule has 2 rings (SSSR count). The first-order valence-electron chi connectivity index (χ1n) is 4.87.